The van der Waals surface area contributed by atoms with E-state index in [0.29, 0.717) is 5.75 Å². The molecular formula is C23H22ClN3O6. The van der Waals surface area contributed by atoms with Gasteiger partial charge in [-0.25, -0.2) is 4.79 Å². The average Bonchev–Trinajstić information content (AvgIpc) is 3.22. The van der Waals surface area contributed by atoms with E-state index in [2.05, 4.69) is 5.32 Å². The predicted molar refractivity (Wildman–Crippen MR) is 117 cm³/mol. The van der Waals surface area contributed by atoms with Crippen LogP contribution in [-0.4, -0.2) is 70.8 Å². The maximum atomic E-state index is 12.8. The summed E-state index contributed by atoms with van der Waals surface area (Å²) in [6.07, 6.45) is -1.22. The molecule has 1 N–H and O–H groups in total. The van der Waals surface area contributed by atoms with Gasteiger partial charge in [0.2, 0.25) is 18.0 Å². The van der Waals surface area contributed by atoms with Crippen molar-refractivity contribution in [2.75, 3.05) is 19.0 Å². The highest BCUT2D eigenvalue weighted by atomic mass is 35.5. The normalized spacial score (nSPS) is 21.1. The summed E-state index contributed by atoms with van der Waals surface area (Å²) in [6.45, 7) is -0.205. The topological polar surface area (TPSA) is 105 Å². The molecule has 2 aliphatic heterocycles. The Balaban J connectivity index is 1.39. The molecule has 4 rings (SSSR count). The van der Waals surface area contributed by atoms with Gasteiger partial charge in [-0.1, -0.05) is 48.5 Å². The number of benzene rings is 2. The fourth-order valence-corrected chi connectivity index (χ4v) is 4.07. The first kappa shape index (κ1) is 22.6. The van der Waals surface area contributed by atoms with Crippen molar-refractivity contribution < 1.29 is 28.7 Å². The van der Waals surface area contributed by atoms with Crippen LogP contribution >= 0.6 is 11.6 Å². The summed E-state index contributed by atoms with van der Waals surface area (Å²) >= 11 is 5.71. The van der Waals surface area contributed by atoms with Crippen molar-refractivity contribution in [3.05, 3.63) is 66.2 Å². The van der Waals surface area contributed by atoms with E-state index in [1.807, 2.05) is 24.3 Å². The van der Waals surface area contributed by atoms with Crippen LogP contribution in [0.15, 0.2) is 60.7 Å². The Bertz CT molecular complexity index is 1040. The van der Waals surface area contributed by atoms with Crippen molar-refractivity contribution in [2.45, 2.75) is 24.9 Å². The molecular weight excluding hydrogens is 450 g/mol. The summed E-state index contributed by atoms with van der Waals surface area (Å²) in [7, 11) is 0. The zero-order chi connectivity index (χ0) is 23.4. The second-order valence-corrected chi connectivity index (χ2v) is 7.87. The van der Waals surface area contributed by atoms with E-state index < -0.39 is 41.9 Å². The maximum absolute atomic E-state index is 12.8. The molecule has 33 heavy (non-hydrogen) atoms. The first-order valence-corrected chi connectivity index (χ1v) is 10.9. The quantitative estimate of drug-likeness (QED) is 0.348. The van der Waals surface area contributed by atoms with E-state index in [-0.39, 0.29) is 25.6 Å². The third-order valence-corrected chi connectivity index (χ3v) is 5.73. The van der Waals surface area contributed by atoms with Gasteiger partial charge in [0.25, 0.3) is 5.91 Å². The molecule has 2 heterocycles. The summed E-state index contributed by atoms with van der Waals surface area (Å²) in [5.74, 6) is -2.01. The molecule has 2 aromatic carbocycles. The lowest BCUT2D eigenvalue weighted by molar-refractivity contribution is -0.170. The molecule has 0 bridgehead atoms. The van der Waals surface area contributed by atoms with Crippen LogP contribution in [0.25, 0.3) is 0 Å². The van der Waals surface area contributed by atoms with Gasteiger partial charge in [-0.15, -0.1) is 11.6 Å². The predicted octanol–water partition coefficient (Wildman–Crippen LogP) is 0.912. The molecule has 0 aromatic heterocycles. The molecule has 9 nitrogen and oxygen atoms in total. The van der Waals surface area contributed by atoms with Gasteiger partial charge in [-0.2, -0.15) is 0 Å². The average molecular weight is 472 g/mol. The number of hydrogen-bond donors (Lipinski definition) is 1. The fraction of sp³-hybridized carbons (Fsp3) is 0.304. The first-order valence-electron chi connectivity index (χ1n) is 10.3. The smallest absolute Gasteiger partial charge is 0.350 e. The van der Waals surface area contributed by atoms with E-state index in [1.165, 1.54) is 9.80 Å². The molecule has 3 amide bonds. The minimum Gasteiger partial charge on any atom is -0.484 e. The number of para-hydroxylation sites is 1. The number of β-lactam (4-membered cyclic amide) rings is 1. The monoisotopic (exact) mass is 471 g/mol. The van der Waals surface area contributed by atoms with Crippen LogP contribution in [0.3, 0.4) is 0 Å². The standard InChI is InChI=1S/C23H22ClN3O6/c24-11-19(29)26-12-17-20(25-18(28)14-32-16-9-5-2-6-10-16)22(30)27(17)21(26)23(31)33-13-15-7-3-1-4-8-15/h1-10,17,20-21H,11-14H2,(H,25,28)/t17?,20-,21?/m1/s1. The van der Waals surface area contributed by atoms with Crippen LogP contribution in [0, 0.1) is 0 Å². The van der Waals surface area contributed by atoms with Crippen molar-refractivity contribution in [2.24, 2.45) is 0 Å². The minimum atomic E-state index is -1.22. The van der Waals surface area contributed by atoms with E-state index in [1.54, 1.807) is 36.4 Å². The number of amides is 3. The van der Waals surface area contributed by atoms with Crippen molar-refractivity contribution in [3.8, 4) is 5.75 Å². The van der Waals surface area contributed by atoms with E-state index in [4.69, 9.17) is 21.1 Å². The Hall–Kier alpha value is -3.59. The molecule has 3 atom stereocenters. The lowest BCUT2D eigenvalue weighted by atomic mass is 9.96. The van der Waals surface area contributed by atoms with Crippen molar-refractivity contribution in [3.63, 3.8) is 0 Å². The van der Waals surface area contributed by atoms with Crippen molar-refractivity contribution in [1.82, 2.24) is 15.1 Å². The van der Waals surface area contributed by atoms with Gasteiger partial charge < -0.3 is 24.6 Å². The number of carbonyl (C=O) groups is 4. The SMILES string of the molecule is O=C(COc1ccccc1)N[C@H]1C(=O)N2C1CN(C(=O)CCl)C2C(=O)OCc1ccccc1. The molecule has 10 heteroatoms. The summed E-state index contributed by atoms with van der Waals surface area (Å²) in [5.41, 5.74) is 0.772. The molecule has 0 saturated carbocycles. The highest BCUT2D eigenvalue weighted by Gasteiger charge is 2.61. The summed E-state index contributed by atoms with van der Waals surface area (Å²) < 4.78 is 10.8. The van der Waals surface area contributed by atoms with Gasteiger partial charge in [0.1, 0.15) is 24.3 Å². The molecule has 0 spiro atoms. The molecule has 2 unspecified atom stereocenters. The second-order valence-electron chi connectivity index (χ2n) is 7.61. The third kappa shape index (κ3) is 4.78. The van der Waals surface area contributed by atoms with Crippen molar-refractivity contribution >= 4 is 35.3 Å². The molecule has 2 aliphatic rings. The van der Waals surface area contributed by atoms with E-state index >= 15 is 0 Å². The third-order valence-electron chi connectivity index (χ3n) is 5.50. The minimum absolute atomic E-state index is 0.00274. The number of esters is 1. The number of ether oxygens (including phenoxy) is 2. The number of nitrogens with one attached hydrogen (secondary N) is 1. The Labute approximate surface area is 195 Å². The number of rotatable bonds is 8. The van der Waals surface area contributed by atoms with Crippen LogP contribution in [0.2, 0.25) is 0 Å². The largest absolute Gasteiger partial charge is 0.484 e. The number of halogens is 1. The zero-order valence-electron chi connectivity index (χ0n) is 17.6. The highest BCUT2D eigenvalue weighted by molar-refractivity contribution is 6.27. The van der Waals surface area contributed by atoms with Crippen LogP contribution in [0.4, 0.5) is 0 Å². The second kappa shape index (κ2) is 9.91. The summed E-state index contributed by atoms with van der Waals surface area (Å²) in [6, 6.07) is 16.4. The van der Waals surface area contributed by atoms with Gasteiger partial charge in [0, 0.05) is 6.54 Å². The molecule has 172 valence electrons. The van der Waals surface area contributed by atoms with E-state index in [9.17, 15) is 19.2 Å². The number of alkyl halides is 1. The van der Waals surface area contributed by atoms with Gasteiger partial charge in [-0.05, 0) is 17.7 Å². The Morgan fingerprint density at radius 3 is 2.36 bits per heavy atom. The molecule has 2 saturated heterocycles. The Morgan fingerprint density at radius 1 is 1.03 bits per heavy atom. The lowest BCUT2D eigenvalue weighted by Gasteiger charge is -2.43. The number of hydrogen-bond acceptors (Lipinski definition) is 6. The molecule has 0 radical (unpaired) electrons. The summed E-state index contributed by atoms with van der Waals surface area (Å²) in [4.78, 5) is 52.7. The zero-order valence-corrected chi connectivity index (χ0v) is 18.3. The van der Waals surface area contributed by atoms with Crippen molar-refractivity contribution in [1.29, 1.82) is 0 Å². The molecule has 2 aromatic rings. The first-order chi connectivity index (χ1) is 16.0. The van der Waals surface area contributed by atoms with Gasteiger partial charge in [0.05, 0.1) is 6.04 Å². The number of nitrogens with zero attached hydrogens (tertiary/aromatic N) is 2. The maximum Gasteiger partial charge on any atom is 0.350 e. The number of carbonyl (C=O) groups excluding carboxylic acids is 4. The van der Waals surface area contributed by atoms with Crippen LogP contribution < -0.4 is 10.1 Å². The van der Waals surface area contributed by atoms with Crippen LogP contribution in [-0.2, 0) is 30.5 Å². The highest BCUT2D eigenvalue weighted by Crippen LogP contribution is 2.33. The van der Waals surface area contributed by atoms with Crippen LogP contribution in [0.5, 0.6) is 5.75 Å². The lowest BCUT2D eigenvalue weighted by Crippen LogP contribution is -2.71. The Kier molecular flexibility index (Phi) is 6.79. The fourth-order valence-electron chi connectivity index (χ4n) is 3.91. The van der Waals surface area contributed by atoms with Gasteiger partial charge in [-0.3, -0.25) is 14.4 Å². The number of fused-ring (bicyclic) bond motifs is 1. The van der Waals surface area contributed by atoms with Gasteiger partial charge >= 0.3 is 5.97 Å². The summed E-state index contributed by atoms with van der Waals surface area (Å²) in [5, 5.41) is 2.62. The molecule has 2 fully saturated rings. The van der Waals surface area contributed by atoms with Gasteiger partial charge in [0.15, 0.2) is 6.61 Å². The van der Waals surface area contributed by atoms with Crippen LogP contribution in [0.1, 0.15) is 5.56 Å². The van der Waals surface area contributed by atoms with E-state index in [0.717, 1.165) is 5.56 Å². The molecule has 0 aliphatic carbocycles. The Morgan fingerprint density at radius 2 is 1.70 bits per heavy atom.